The molecule has 1 aromatic carbocycles. The third kappa shape index (κ3) is 3.49. The van der Waals surface area contributed by atoms with Crippen LogP contribution in [0.3, 0.4) is 0 Å². The number of nitrogens with zero attached hydrogens (tertiary/aromatic N) is 4. The average molecular weight is 366 g/mol. The highest BCUT2D eigenvalue weighted by atomic mass is 16.4. The molecule has 1 atom stereocenters. The molecule has 1 fully saturated rings. The van der Waals surface area contributed by atoms with Crippen LogP contribution >= 0.6 is 0 Å². The summed E-state index contributed by atoms with van der Waals surface area (Å²) < 4.78 is 0. The van der Waals surface area contributed by atoms with Gasteiger partial charge >= 0.3 is 5.97 Å². The quantitative estimate of drug-likeness (QED) is 0.890. The Balaban J connectivity index is 1.46. The van der Waals surface area contributed by atoms with Crippen molar-refractivity contribution < 1.29 is 14.7 Å². The molecule has 1 amide bonds. The number of aliphatic carboxylic acids is 1. The molecule has 1 aromatic heterocycles. The molecule has 0 spiro atoms. The van der Waals surface area contributed by atoms with Crippen molar-refractivity contribution in [3.05, 3.63) is 54.0 Å². The smallest absolute Gasteiger partial charge is 0.326 e. The molecule has 1 saturated heterocycles. The van der Waals surface area contributed by atoms with Gasteiger partial charge in [-0.2, -0.15) is 0 Å². The van der Waals surface area contributed by atoms with Crippen molar-refractivity contribution in [1.82, 2.24) is 14.9 Å². The zero-order chi connectivity index (χ0) is 18.8. The zero-order valence-electron chi connectivity index (χ0n) is 15.0. The van der Waals surface area contributed by atoms with E-state index in [4.69, 9.17) is 0 Å². The summed E-state index contributed by atoms with van der Waals surface area (Å²) in [5, 5.41) is 9.65. The second kappa shape index (κ2) is 7.34. The van der Waals surface area contributed by atoms with E-state index in [2.05, 4.69) is 14.9 Å². The predicted octanol–water partition coefficient (Wildman–Crippen LogP) is 1.73. The van der Waals surface area contributed by atoms with Crippen molar-refractivity contribution in [1.29, 1.82) is 0 Å². The number of hydrogen-bond donors (Lipinski definition) is 1. The van der Waals surface area contributed by atoms with Crippen LogP contribution in [-0.2, 0) is 22.6 Å². The molecule has 27 heavy (non-hydrogen) atoms. The Morgan fingerprint density at radius 2 is 1.81 bits per heavy atom. The zero-order valence-corrected chi connectivity index (χ0v) is 15.0. The first kappa shape index (κ1) is 17.5. The molecular formula is C20H22N4O3. The monoisotopic (exact) mass is 366 g/mol. The van der Waals surface area contributed by atoms with Crippen LogP contribution in [0.5, 0.6) is 0 Å². The topological polar surface area (TPSA) is 86.6 Å². The highest BCUT2D eigenvalue weighted by Crippen LogP contribution is 2.29. The number of fused-ring (bicyclic) bond motifs is 1. The summed E-state index contributed by atoms with van der Waals surface area (Å²) in [5.41, 5.74) is 2.06. The number of aromatic nitrogens is 2. The minimum absolute atomic E-state index is 0.0456. The molecule has 0 aliphatic carbocycles. The number of amides is 1. The fraction of sp³-hybridized carbons (Fsp3) is 0.400. The predicted molar refractivity (Wildman–Crippen MR) is 99.1 cm³/mol. The molecule has 0 bridgehead atoms. The molecule has 0 radical (unpaired) electrons. The van der Waals surface area contributed by atoms with E-state index in [0.717, 1.165) is 30.0 Å². The third-order valence-electron chi connectivity index (χ3n) is 5.53. The summed E-state index contributed by atoms with van der Waals surface area (Å²) in [7, 11) is 0. The number of carbonyl (C=O) groups is 2. The lowest BCUT2D eigenvalue weighted by molar-refractivity contribution is -0.153. The number of carboxylic acid groups (broad SMARTS) is 1. The standard InChI is InChI=1S/C20H22N4O3/c25-19(14-5-9-23(10-6-14)18-12-21-7-8-22-18)24-13-16-4-2-1-3-15(16)11-17(24)20(26)27/h1-4,7-8,12,14,17H,5-6,9-11,13H2,(H,26,27)/t17-/m0/s1. The van der Waals surface area contributed by atoms with Gasteiger partial charge in [-0.15, -0.1) is 0 Å². The van der Waals surface area contributed by atoms with Gasteiger partial charge in [-0.3, -0.25) is 9.78 Å². The Bertz CT molecular complexity index is 834. The van der Waals surface area contributed by atoms with Crippen LogP contribution in [0.15, 0.2) is 42.9 Å². The summed E-state index contributed by atoms with van der Waals surface area (Å²) >= 11 is 0. The van der Waals surface area contributed by atoms with E-state index < -0.39 is 12.0 Å². The summed E-state index contributed by atoms with van der Waals surface area (Å²) in [6.45, 7) is 1.81. The van der Waals surface area contributed by atoms with Crippen LogP contribution in [0.2, 0.25) is 0 Å². The number of piperidine rings is 1. The molecule has 0 saturated carbocycles. The van der Waals surface area contributed by atoms with Gasteiger partial charge in [0.25, 0.3) is 0 Å². The average Bonchev–Trinajstić information content (AvgIpc) is 2.73. The molecule has 2 aromatic rings. The SMILES string of the molecule is O=C(O)[C@@H]1Cc2ccccc2CN1C(=O)C1CCN(c2cnccn2)CC1. The summed E-state index contributed by atoms with van der Waals surface area (Å²) in [5.74, 6) is -0.311. The molecular weight excluding hydrogens is 344 g/mol. The Morgan fingerprint density at radius 3 is 2.48 bits per heavy atom. The molecule has 0 unspecified atom stereocenters. The minimum atomic E-state index is -0.935. The first-order valence-electron chi connectivity index (χ1n) is 9.24. The van der Waals surface area contributed by atoms with Gasteiger partial charge in [-0.05, 0) is 24.0 Å². The number of rotatable bonds is 3. The van der Waals surface area contributed by atoms with E-state index in [-0.39, 0.29) is 11.8 Å². The summed E-state index contributed by atoms with van der Waals surface area (Å²) in [4.78, 5) is 37.0. The van der Waals surface area contributed by atoms with E-state index >= 15 is 0 Å². The van der Waals surface area contributed by atoms with Crippen LogP contribution in [0.4, 0.5) is 5.82 Å². The molecule has 4 rings (SSSR count). The second-order valence-electron chi connectivity index (χ2n) is 7.12. The number of carbonyl (C=O) groups excluding carboxylic acids is 1. The van der Waals surface area contributed by atoms with Gasteiger partial charge in [-0.25, -0.2) is 9.78 Å². The van der Waals surface area contributed by atoms with Crippen molar-refractivity contribution >= 4 is 17.7 Å². The van der Waals surface area contributed by atoms with E-state index in [9.17, 15) is 14.7 Å². The second-order valence-corrected chi connectivity index (χ2v) is 7.12. The molecule has 7 nitrogen and oxygen atoms in total. The highest BCUT2D eigenvalue weighted by Gasteiger charge is 2.38. The van der Waals surface area contributed by atoms with E-state index in [1.54, 1.807) is 23.5 Å². The molecule has 1 N–H and O–H groups in total. The minimum Gasteiger partial charge on any atom is -0.480 e. The van der Waals surface area contributed by atoms with E-state index in [0.29, 0.717) is 25.8 Å². The number of anilines is 1. The molecule has 140 valence electrons. The third-order valence-corrected chi connectivity index (χ3v) is 5.53. The van der Waals surface area contributed by atoms with Gasteiger partial charge in [0.05, 0.1) is 6.20 Å². The van der Waals surface area contributed by atoms with Crippen molar-refractivity contribution in [3.63, 3.8) is 0 Å². The number of carboxylic acids is 1. The molecule has 2 aliphatic heterocycles. The summed E-state index contributed by atoms with van der Waals surface area (Å²) in [6, 6.07) is 6.99. The Morgan fingerprint density at radius 1 is 1.07 bits per heavy atom. The van der Waals surface area contributed by atoms with Crippen molar-refractivity contribution in [2.24, 2.45) is 5.92 Å². The van der Waals surface area contributed by atoms with E-state index in [1.165, 1.54) is 0 Å². The first-order chi connectivity index (χ1) is 13.1. The molecule has 2 aliphatic rings. The number of hydrogen-bond acceptors (Lipinski definition) is 5. The summed E-state index contributed by atoms with van der Waals surface area (Å²) in [6.07, 6.45) is 6.79. The maximum atomic E-state index is 13.1. The van der Waals surface area contributed by atoms with Crippen molar-refractivity contribution in [2.45, 2.75) is 31.8 Å². The maximum Gasteiger partial charge on any atom is 0.326 e. The lowest BCUT2D eigenvalue weighted by Gasteiger charge is -2.39. The van der Waals surface area contributed by atoms with Crippen LogP contribution in [-0.4, -0.2) is 51.0 Å². The fourth-order valence-electron chi connectivity index (χ4n) is 4.02. The van der Waals surface area contributed by atoms with Gasteiger partial charge in [0.2, 0.25) is 5.91 Å². The fourth-order valence-corrected chi connectivity index (χ4v) is 4.02. The first-order valence-corrected chi connectivity index (χ1v) is 9.24. The van der Waals surface area contributed by atoms with Gasteiger partial charge in [0.15, 0.2) is 0 Å². The van der Waals surface area contributed by atoms with Gasteiger partial charge < -0.3 is 14.9 Å². The lowest BCUT2D eigenvalue weighted by atomic mass is 9.90. The van der Waals surface area contributed by atoms with E-state index in [1.807, 2.05) is 24.3 Å². The number of benzene rings is 1. The Hall–Kier alpha value is -2.96. The largest absolute Gasteiger partial charge is 0.480 e. The van der Waals surface area contributed by atoms with Crippen LogP contribution in [0, 0.1) is 5.92 Å². The van der Waals surface area contributed by atoms with Crippen molar-refractivity contribution in [3.8, 4) is 0 Å². The van der Waals surface area contributed by atoms with Crippen molar-refractivity contribution in [2.75, 3.05) is 18.0 Å². The maximum absolute atomic E-state index is 13.1. The molecule has 7 heteroatoms. The van der Waals surface area contributed by atoms with Crippen LogP contribution in [0.1, 0.15) is 24.0 Å². The highest BCUT2D eigenvalue weighted by molar-refractivity contribution is 5.86. The van der Waals surface area contributed by atoms with Crippen LogP contribution < -0.4 is 4.90 Å². The Labute approximate surface area is 157 Å². The normalized spacial score (nSPS) is 20.2. The van der Waals surface area contributed by atoms with Gasteiger partial charge in [-0.1, -0.05) is 24.3 Å². The molecule has 3 heterocycles. The van der Waals surface area contributed by atoms with Gasteiger partial charge in [0.1, 0.15) is 11.9 Å². The van der Waals surface area contributed by atoms with Gasteiger partial charge in [0, 0.05) is 44.4 Å². The lowest BCUT2D eigenvalue weighted by Crippen LogP contribution is -2.52. The van der Waals surface area contributed by atoms with Crippen LogP contribution in [0.25, 0.3) is 0 Å². The Kier molecular flexibility index (Phi) is 4.75.